The summed E-state index contributed by atoms with van der Waals surface area (Å²) in [5.74, 6) is 1.46. The third kappa shape index (κ3) is 7.54. The van der Waals surface area contributed by atoms with Crippen molar-refractivity contribution in [1.82, 2.24) is 19.8 Å². The van der Waals surface area contributed by atoms with Crippen LogP contribution in [0, 0.1) is 11.3 Å². The maximum absolute atomic E-state index is 12.6. The molecule has 48 heavy (non-hydrogen) atoms. The number of aromatic nitrogens is 2. The van der Waals surface area contributed by atoms with Gasteiger partial charge in [0.1, 0.15) is 17.9 Å². The van der Waals surface area contributed by atoms with Crippen molar-refractivity contribution in [3.63, 3.8) is 0 Å². The molecule has 3 fully saturated rings. The van der Waals surface area contributed by atoms with Gasteiger partial charge in [-0.1, -0.05) is 25.6 Å². The van der Waals surface area contributed by atoms with Gasteiger partial charge in [-0.05, 0) is 55.6 Å². The number of hydrogen-bond acceptors (Lipinski definition) is 11. The third-order valence-corrected chi connectivity index (χ3v) is 9.48. The number of nitriles is 1. The van der Waals surface area contributed by atoms with Crippen LogP contribution in [0.1, 0.15) is 49.8 Å². The highest BCUT2D eigenvalue weighted by Gasteiger charge is 2.31. The molecule has 1 amide bonds. The number of methoxy groups -OCH3 is 1. The largest absolute Gasteiger partial charge is 0.494 e. The highest BCUT2D eigenvalue weighted by Crippen LogP contribution is 2.40. The summed E-state index contributed by atoms with van der Waals surface area (Å²) in [4.78, 5) is 35.1. The molecule has 252 valence electrons. The second kappa shape index (κ2) is 15.5. The lowest BCUT2D eigenvalue weighted by Crippen LogP contribution is -2.53. The van der Waals surface area contributed by atoms with E-state index < -0.39 is 0 Å². The van der Waals surface area contributed by atoms with E-state index in [1.54, 1.807) is 18.2 Å². The molecule has 0 unspecified atom stereocenters. The van der Waals surface area contributed by atoms with E-state index in [-0.39, 0.29) is 11.9 Å². The van der Waals surface area contributed by atoms with Gasteiger partial charge in [0.25, 0.3) is 0 Å². The van der Waals surface area contributed by atoms with Crippen molar-refractivity contribution in [2.45, 2.75) is 44.7 Å². The van der Waals surface area contributed by atoms with Crippen molar-refractivity contribution < 1.29 is 14.4 Å². The molecule has 0 saturated carbocycles. The summed E-state index contributed by atoms with van der Waals surface area (Å²) in [6.45, 7) is 13.9. The van der Waals surface area contributed by atoms with Crippen molar-refractivity contribution in [1.29, 1.82) is 5.26 Å². The maximum atomic E-state index is 12.6. The van der Waals surface area contributed by atoms with Gasteiger partial charge in [0, 0.05) is 63.9 Å². The number of nitrogens with zero attached hydrogens (tertiary/aromatic N) is 7. The van der Waals surface area contributed by atoms with Gasteiger partial charge in [-0.15, -0.1) is 0 Å². The predicted octanol–water partition coefficient (Wildman–Crippen LogP) is 5.10. The summed E-state index contributed by atoms with van der Waals surface area (Å²) in [5.41, 5.74) is 3.81. The number of benzene rings is 2. The van der Waals surface area contributed by atoms with Crippen LogP contribution in [0.2, 0.25) is 0 Å². The molecular weight excluding hydrogens is 606 g/mol. The van der Waals surface area contributed by atoms with E-state index in [0.29, 0.717) is 47.0 Å². The normalized spacial score (nSPS) is 19.1. The first-order chi connectivity index (χ1) is 23.5. The van der Waals surface area contributed by atoms with Crippen LogP contribution in [0.3, 0.4) is 0 Å². The standard InChI is InChI=1S/C36H45N9O3/c1-4-12-42-15-17-43(18-16-42)28-9-13-44(14-10-28)32-22-33(47-3)30(21-29(32)41-36(46)5-2)40-34-23-35(39-25-38-34)45-31(11-19-48-45)27-8-6-7-26(20-27)24-37/h5-8,20-23,25,28,31H,2,4,9-19H2,1,3H3,(H,41,46)(H,38,39,40)/t31-/m1/s1. The Kier molecular flexibility index (Phi) is 10.7. The van der Waals surface area contributed by atoms with Gasteiger partial charge in [-0.2, -0.15) is 5.26 Å². The molecule has 6 rings (SSSR count). The van der Waals surface area contributed by atoms with Crippen molar-refractivity contribution in [2.24, 2.45) is 0 Å². The Morgan fingerprint density at radius 1 is 1.08 bits per heavy atom. The van der Waals surface area contributed by atoms with Crippen LogP contribution in [0.4, 0.5) is 28.7 Å². The van der Waals surface area contributed by atoms with E-state index in [0.717, 1.165) is 69.8 Å². The Hall–Kier alpha value is -4.70. The Morgan fingerprint density at radius 2 is 1.90 bits per heavy atom. The first-order valence-corrected chi connectivity index (χ1v) is 16.9. The number of nitrogens with one attached hydrogen (secondary N) is 2. The molecule has 3 aromatic rings. The zero-order chi connectivity index (χ0) is 33.5. The second-order valence-electron chi connectivity index (χ2n) is 12.4. The summed E-state index contributed by atoms with van der Waals surface area (Å²) < 4.78 is 5.87. The van der Waals surface area contributed by atoms with Crippen LogP contribution in [0.5, 0.6) is 5.75 Å². The summed E-state index contributed by atoms with van der Waals surface area (Å²) in [5, 5.41) is 17.6. The number of amides is 1. The van der Waals surface area contributed by atoms with Gasteiger partial charge in [-0.25, -0.2) is 15.0 Å². The number of hydrogen-bond donors (Lipinski definition) is 2. The minimum absolute atomic E-state index is 0.0922. The lowest BCUT2D eigenvalue weighted by atomic mass is 10.0. The third-order valence-electron chi connectivity index (χ3n) is 9.48. The SMILES string of the molecule is C=CC(=O)Nc1cc(Nc2cc(N3OCC[C@@H]3c3cccc(C#N)c3)ncn2)c(OC)cc1N1CCC(N2CCN(CCC)CC2)CC1. The summed E-state index contributed by atoms with van der Waals surface area (Å²) in [6, 6.07) is 15.9. The van der Waals surface area contributed by atoms with Gasteiger partial charge in [-0.3, -0.25) is 14.5 Å². The lowest BCUT2D eigenvalue weighted by Gasteiger charge is -2.43. The summed E-state index contributed by atoms with van der Waals surface area (Å²) in [7, 11) is 1.64. The minimum Gasteiger partial charge on any atom is -0.494 e. The van der Waals surface area contributed by atoms with Crippen molar-refractivity contribution in [2.75, 3.05) is 80.1 Å². The monoisotopic (exact) mass is 651 g/mol. The zero-order valence-corrected chi connectivity index (χ0v) is 27.9. The molecule has 1 aromatic heterocycles. The predicted molar refractivity (Wildman–Crippen MR) is 188 cm³/mol. The summed E-state index contributed by atoms with van der Waals surface area (Å²) >= 11 is 0. The molecule has 1 atom stereocenters. The molecule has 0 spiro atoms. The van der Waals surface area contributed by atoms with Gasteiger partial charge in [0.15, 0.2) is 5.82 Å². The number of piperidine rings is 1. The molecule has 3 aliphatic rings. The van der Waals surface area contributed by atoms with Crippen molar-refractivity contribution in [3.8, 4) is 11.8 Å². The van der Waals surface area contributed by atoms with Crippen LogP contribution in [-0.2, 0) is 9.63 Å². The molecular formula is C36H45N9O3. The Balaban J connectivity index is 1.20. The van der Waals surface area contributed by atoms with E-state index in [9.17, 15) is 10.1 Å². The van der Waals surface area contributed by atoms with Crippen LogP contribution < -0.4 is 25.3 Å². The quantitative estimate of drug-likeness (QED) is 0.269. The molecule has 0 bridgehead atoms. The molecule has 0 aliphatic carbocycles. The molecule has 0 radical (unpaired) electrons. The average Bonchev–Trinajstić information content (AvgIpc) is 3.63. The van der Waals surface area contributed by atoms with E-state index in [1.165, 1.54) is 25.4 Å². The maximum Gasteiger partial charge on any atom is 0.247 e. The summed E-state index contributed by atoms with van der Waals surface area (Å²) in [6.07, 6.45) is 6.85. The van der Waals surface area contributed by atoms with Gasteiger partial charge < -0.3 is 25.2 Å². The van der Waals surface area contributed by atoms with Gasteiger partial charge in [0.05, 0.1) is 48.5 Å². The zero-order valence-electron chi connectivity index (χ0n) is 27.9. The molecule has 2 aromatic carbocycles. The molecule has 3 aliphatic heterocycles. The Morgan fingerprint density at radius 3 is 2.62 bits per heavy atom. The number of ether oxygens (including phenoxy) is 1. The number of piperazine rings is 1. The van der Waals surface area contributed by atoms with Crippen LogP contribution in [0.25, 0.3) is 0 Å². The number of rotatable bonds is 11. The number of anilines is 5. The average molecular weight is 652 g/mol. The number of carbonyl (C=O) groups excluding carboxylic acids is 1. The first kappa shape index (κ1) is 33.2. The first-order valence-electron chi connectivity index (χ1n) is 16.9. The highest BCUT2D eigenvalue weighted by atomic mass is 16.7. The lowest BCUT2D eigenvalue weighted by molar-refractivity contribution is -0.111. The van der Waals surface area contributed by atoms with Crippen LogP contribution in [-0.4, -0.2) is 91.2 Å². The van der Waals surface area contributed by atoms with Crippen LogP contribution >= 0.6 is 0 Å². The van der Waals surface area contributed by atoms with E-state index in [4.69, 9.17) is 9.57 Å². The fourth-order valence-corrected chi connectivity index (χ4v) is 7.01. The van der Waals surface area contributed by atoms with E-state index in [2.05, 4.69) is 54.9 Å². The molecule has 12 nitrogen and oxygen atoms in total. The minimum atomic E-state index is -0.283. The number of carbonyl (C=O) groups is 1. The molecule has 4 heterocycles. The molecule has 2 N–H and O–H groups in total. The molecule has 12 heteroatoms. The van der Waals surface area contributed by atoms with Crippen LogP contribution in [0.15, 0.2) is 61.4 Å². The van der Waals surface area contributed by atoms with E-state index >= 15 is 0 Å². The fraction of sp³-hybridized carbons (Fsp3) is 0.444. The highest BCUT2D eigenvalue weighted by molar-refractivity contribution is 6.02. The fourth-order valence-electron chi connectivity index (χ4n) is 7.01. The van der Waals surface area contributed by atoms with Gasteiger partial charge >= 0.3 is 0 Å². The molecule has 3 saturated heterocycles. The van der Waals surface area contributed by atoms with Gasteiger partial charge in [0.2, 0.25) is 5.91 Å². The Bertz CT molecular complexity index is 1630. The second-order valence-corrected chi connectivity index (χ2v) is 12.4. The van der Waals surface area contributed by atoms with E-state index in [1.807, 2.05) is 36.4 Å². The number of hydroxylamine groups is 1. The topological polar surface area (TPSA) is 122 Å². The van der Waals surface area contributed by atoms with Crippen molar-refractivity contribution in [3.05, 3.63) is 72.6 Å². The smallest absolute Gasteiger partial charge is 0.247 e. The Labute approximate surface area is 282 Å². The van der Waals surface area contributed by atoms with Crippen molar-refractivity contribution >= 4 is 34.6 Å².